The summed E-state index contributed by atoms with van der Waals surface area (Å²) in [5, 5.41) is 0. The van der Waals surface area contributed by atoms with E-state index in [1.807, 2.05) is 66.4 Å². The van der Waals surface area contributed by atoms with Crippen LogP contribution in [-0.2, 0) is 16.1 Å². The molecular weight excluding hydrogens is 386 g/mol. The summed E-state index contributed by atoms with van der Waals surface area (Å²) in [5.74, 6) is -0.194. The fourth-order valence-electron chi connectivity index (χ4n) is 4.07. The zero-order chi connectivity index (χ0) is 21.6. The number of rotatable bonds is 6. The van der Waals surface area contributed by atoms with E-state index in [2.05, 4.69) is 29.0 Å². The third-order valence-corrected chi connectivity index (χ3v) is 5.71. The summed E-state index contributed by atoms with van der Waals surface area (Å²) in [6, 6.07) is 23.7. The van der Waals surface area contributed by atoms with E-state index in [-0.39, 0.29) is 24.4 Å². The van der Waals surface area contributed by atoms with Crippen LogP contribution in [0.3, 0.4) is 0 Å². The maximum absolute atomic E-state index is 13.4. The molecule has 0 aliphatic carbocycles. The molecule has 1 aliphatic rings. The molecule has 0 spiro atoms. The molecule has 2 heterocycles. The van der Waals surface area contributed by atoms with Crippen molar-refractivity contribution in [1.29, 1.82) is 0 Å². The second-order valence-electron chi connectivity index (χ2n) is 7.62. The van der Waals surface area contributed by atoms with Crippen LogP contribution in [0.15, 0.2) is 85.1 Å². The maximum Gasteiger partial charge on any atom is 0.247 e. The second-order valence-corrected chi connectivity index (χ2v) is 7.62. The van der Waals surface area contributed by atoms with E-state index in [0.717, 1.165) is 23.4 Å². The monoisotopic (exact) mass is 413 g/mol. The first kappa shape index (κ1) is 20.7. The van der Waals surface area contributed by atoms with Gasteiger partial charge in [-0.25, -0.2) is 0 Å². The van der Waals surface area contributed by atoms with Crippen molar-refractivity contribution >= 4 is 17.9 Å². The summed E-state index contributed by atoms with van der Waals surface area (Å²) in [6.07, 6.45) is 5.39. The third-order valence-electron chi connectivity index (χ3n) is 5.71. The standard InChI is InChI=1S/C26H27N3O2/c1-2-27(24(30)16-15-21-10-5-3-6-11-21)20-25(31)29-19-18-28-17-9-14-23(28)26(29)22-12-7-4-8-13-22/h3-17,26H,2,18-20H2,1H3/b16-15+. The van der Waals surface area contributed by atoms with Crippen molar-refractivity contribution in [3.05, 3.63) is 102 Å². The van der Waals surface area contributed by atoms with E-state index < -0.39 is 0 Å². The minimum Gasteiger partial charge on any atom is -0.348 e. The highest BCUT2D eigenvalue weighted by atomic mass is 16.2. The van der Waals surface area contributed by atoms with Crippen LogP contribution in [0.5, 0.6) is 0 Å². The summed E-state index contributed by atoms with van der Waals surface area (Å²) < 4.78 is 2.20. The highest BCUT2D eigenvalue weighted by molar-refractivity contribution is 5.94. The molecule has 3 aromatic rings. The Morgan fingerprint density at radius 2 is 1.68 bits per heavy atom. The lowest BCUT2D eigenvalue weighted by atomic mass is 10.00. The predicted molar refractivity (Wildman–Crippen MR) is 122 cm³/mol. The first-order chi connectivity index (χ1) is 15.2. The van der Waals surface area contributed by atoms with Gasteiger partial charge in [0.1, 0.15) is 6.54 Å². The number of benzene rings is 2. The average molecular weight is 414 g/mol. The van der Waals surface area contributed by atoms with E-state index in [4.69, 9.17) is 0 Å². The van der Waals surface area contributed by atoms with Gasteiger partial charge >= 0.3 is 0 Å². The lowest BCUT2D eigenvalue weighted by molar-refractivity contribution is -0.140. The molecule has 1 aliphatic heterocycles. The molecule has 2 amide bonds. The molecular formula is C26H27N3O2. The van der Waals surface area contributed by atoms with Gasteiger partial charge in [0.05, 0.1) is 6.04 Å². The molecule has 0 bridgehead atoms. The van der Waals surface area contributed by atoms with Gasteiger partial charge in [-0.3, -0.25) is 9.59 Å². The van der Waals surface area contributed by atoms with Gasteiger partial charge in [-0.2, -0.15) is 0 Å². The SMILES string of the molecule is CCN(CC(=O)N1CCn2cccc2C1c1ccccc1)C(=O)/C=C/c1ccccc1. The highest BCUT2D eigenvalue weighted by Gasteiger charge is 2.32. The Morgan fingerprint density at radius 3 is 2.39 bits per heavy atom. The van der Waals surface area contributed by atoms with Crippen LogP contribution < -0.4 is 0 Å². The van der Waals surface area contributed by atoms with E-state index >= 15 is 0 Å². The quantitative estimate of drug-likeness (QED) is 0.574. The van der Waals surface area contributed by atoms with Crippen LogP contribution in [0.2, 0.25) is 0 Å². The highest BCUT2D eigenvalue weighted by Crippen LogP contribution is 2.32. The normalized spacial score (nSPS) is 15.6. The van der Waals surface area contributed by atoms with Crippen molar-refractivity contribution in [3.63, 3.8) is 0 Å². The van der Waals surface area contributed by atoms with Crippen LogP contribution in [-0.4, -0.2) is 45.8 Å². The van der Waals surface area contributed by atoms with Gasteiger partial charge in [0.15, 0.2) is 0 Å². The Balaban J connectivity index is 1.52. The van der Waals surface area contributed by atoms with Gasteiger partial charge in [-0.15, -0.1) is 0 Å². The second kappa shape index (κ2) is 9.47. The van der Waals surface area contributed by atoms with Crippen LogP contribution in [0, 0.1) is 0 Å². The van der Waals surface area contributed by atoms with Crippen molar-refractivity contribution < 1.29 is 9.59 Å². The zero-order valence-corrected chi connectivity index (χ0v) is 17.7. The van der Waals surface area contributed by atoms with Crippen LogP contribution in [0.4, 0.5) is 0 Å². The van der Waals surface area contributed by atoms with Gasteiger partial charge in [-0.1, -0.05) is 60.7 Å². The summed E-state index contributed by atoms with van der Waals surface area (Å²) >= 11 is 0. The van der Waals surface area contributed by atoms with Crippen molar-refractivity contribution in [1.82, 2.24) is 14.4 Å². The van der Waals surface area contributed by atoms with Crippen LogP contribution in [0.25, 0.3) is 6.08 Å². The van der Waals surface area contributed by atoms with Crippen molar-refractivity contribution in [2.75, 3.05) is 19.6 Å². The molecule has 158 valence electrons. The average Bonchev–Trinajstić information content (AvgIpc) is 3.30. The number of carbonyl (C=O) groups is 2. The van der Waals surface area contributed by atoms with Gasteiger partial charge < -0.3 is 14.4 Å². The molecule has 5 heteroatoms. The zero-order valence-electron chi connectivity index (χ0n) is 17.7. The van der Waals surface area contributed by atoms with Gasteiger partial charge in [0.25, 0.3) is 0 Å². The molecule has 2 aromatic carbocycles. The summed E-state index contributed by atoms with van der Waals surface area (Å²) in [5.41, 5.74) is 3.14. The Bertz CT molecular complexity index is 1060. The maximum atomic E-state index is 13.4. The molecule has 0 saturated heterocycles. The minimum absolute atomic E-state index is 0.0374. The molecule has 0 N–H and O–H groups in total. The molecule has 0 saturated carbocycles. The number of carbonyl (C=O) groups excluding carboxylic acids is 2. The van der Waals surface area contributed by atoms with E-state index in [1.165, 1.54) is 0 Å². The molecule has 0 radical (unpaired) electrons. The predicted octanol–water partition coefficient (Wildman–Crippen LogP) is 3.98. The third kappa shape index (κ3) is 4.61. The number of aromatic nitrogens is 1. The fraction of sp³-hybridized carbons (Fsp3) is 0.231. The number of fused-ring (bicyclic) bond motifs is 1. The van der Waals surface area contributed by atoms with E-state index in [9.17, 15) is 9.59 Å². The molecule has 5 nitrogen and oxygen atoms in total. The number of amides is 2. The summed E-state index contributed by atoms with van der Waals surface area (Å²) in [6.45, 7) is 3.82. The Kier molecular flexibility index (Phi) is 6.32. The molecule has 4 rings (SSSR count). The van der Waals surface area contributed by atoms with E-state index in [0.29, 0.717) is 13.1 Å². The number of hydrogen-bond acceptors (Lipinski definition) is 2. The lowest BCUT2D eigenvalue weighted by Gasteiger charge is -2.38. The van der Waals surface area contributed by atoms with Gasteiger partial charge in [-0.05, 0) is 36.3 Å². The first-order valence-electron chi connectivity index (χ1n) is 10.7. The number of hydrogen-bond donors (Lipinski definition) is 0. The topological polar surface area (TPSA) is 45.6 Å². The summed E-state index contributed by atoms with van der Waals surface area (Å²) in [7, 11) is 0. The number of nitrogens with zero attached hydrogens (tertiary/aromatic N) is 3. The van der Waals surface area contributed by atoms with Crippen molar-refractivity contribution in [2.45, 2.75) is 19.5 Å². The van der Waals surface area contributed by atoms with Gasteiger partial charge in [0, 0.05) is 37.6 Å². The lowest BCUT2D eigenvalue weighted by Crippen LogP contribution is -2.47. The Morgan fingerprint density at radius 1 is 0.968 bits per heavy atom. The number of likely N-dealkylation sites (N-methyl/N-ethyl adjacent to an activating group) is 1. The molecule has 31 heavy (non-hydrogen) atoms. The Hall–Kier alpha value is -3.60. The molecule has 0 fully saturated rings. The van der Waals surface area contributed by atoms with E-state index in [1.54, 1.807) is 17.1 Å². The molecule has 1 unspecified atom stereocenters. The minimum atomic E-state index is -0.156. The summed E-state index contributed by atoms with van der Waals surface area (Å²) in [4.78, 5) is 29.6. The van der Waals surface area contributed by atoms with Crippen molar-refractivity contribution in [2.24, 2.45) is 0 Å². The van der Waals surface area contributed by atoms with Crippen molar-refractivity contribution in [3.8, 4) is 0 Å². The van der Waals surface area contributed by atoms with Crippen LogP contribution in [0.1, 0.15) is 29.8 Å². The van der Waals surface area contributed by atoms with Crippen LogP contribution >= 0.6 is 0 Å². The Labute approximate surface area is 183 Å². The first-order valence-corrected chi connectivity index (χ1v) is 10.7. The smallest absolute Gasteiger partial charge is 0.247 e. The van der Waals surface area contributed by atoms with Gasteiger partial charge in [0.2, 0.25) is 11.8 Å². The molecule has 1 aromatic heterocycles. The fourth-order valence-corrected chi connectivity index (χ4v) is 4.07. The molecule has 1 atom stereocenters. The largest absolute Gasteiger partial charge is 0.348 e.